The van der Waals surface area contributed by atoms with Crippen molar-refractivity contribution in [2.45, 2.75) is 26.9 Å². The van der Waals surface area contributed by atoms with Crippen LogP contribution in [0.1, 0.15) is 20.8 Å². The summed E-state index contributed by atoms with van der Waals surface area (Å²) in [5, 5.41) is 8.06. The maximum atomic E-state index is 9.33. The van der Waals surface area contributed by atoms with E-state index in [0.29, 0.717) is 0 Å². The molecule has 1 N–H and O–H groups in total. The predicted octanol–water partition coefficient (Wildman–Crippen LogP) is 0.794. The van der Waals surface area contributed by atoms with Gasteiger partial charge in [0.25, 0.3) is 0 Å². The normalized spacial score (nSPS) is 6.78. The molecule has 3 heteroatoms. The van der Waals surface area contributed by atoms with Gasteiger partial charge in [0.2, 0.25) is 0 Å². The van der Waals surface area contributed by atoms with Crippen LogP contribution in [-0.4, -0.2) is 17.0 Å². The van der Waals surface area contributed by atoms with Crippen LogP contribution in [0.2, 0.25) is 0 Å². The van der Waals surface area contributed by atoms with Gasteiger partial charge < -0.3 is 16.8 Å². The Kier molecular flexibility index (Phi) is 19.8. The number of hydrogen-bond donors (Lipinski definition) is 1. The topological polar surface area (TPSA) is 37.3 Å². The monoisotopic (exact) mass is 165 g/mol. The van der Waals surface area contributed by atoms with Crippen LogP contribution in [0.15, 0.2) is 0 Å². The van der Waals surface area contributed by atoms with Gasteiger partial charge in [0.15, 0.2) is 0 Å². The average molecular weight is 165 g/mol. The fourth-order valence-corrected chi connectivity index (χ4v) is 0. The molecule has 0 unspecified atom stereocenters. The van der Waals surface area contributed by atoms with Crippen molar-refractivity contribution in [3.63, 3.8) is 0 Å². The number of aliphatic hydroxyl groups is 1. The van der Waals surface area contributed by atoms with Gasteiger partial charge >= 0.3 is 0 Å². The molecule has 0 atom stereocenters. The quantitative estimate of drug-likeness (QED) is 0.425. The molecule has 0 aliphatic heterocycles. The third-order valence-electron chi connectivity index (χ3n) is 0. The van der Waals surface area contributed by atoms with E-state index in [4.69, 9.17) is 5.11 Å². The maximum Gasteiger partial charge on any atom is 0.0483 e. The van der Waals surface area contributed by atoms with Crippen LogP contribution < -0.4 is 0 Å². The van der Waals surface area contributed by atoms with Crippen molar-refractivity contribution in [1.29, 1.82) is 0 Å². The molecule has 0 rings (SSSR count). The van der Waals surface area contributed by atoms with Gasteiger partial charge in [-0.1, -0.05) is 0 Å². The van der Waals surface area contributed by atoms with Crippen molar-refractivity contribution < 1.29 is 31.6 Å². The van der Waals surface area contributed by atoms with Crippen molar-refractivity contribution in [2.75, 3.05) is 0 Å². The van der Waals surface area contributed by atoms with Gasteiger partial charge in [0, 0.05) is 27.8 Å². The second-order valence-electron chi connectivity index (χ2n) is 1.80. The molecule has 0 heterocycles. The number of ketones is 1. The van der Waals surface area contributed by atoms with Gasteiger partial charge in [-0.15, -0.1) is 0 Å². The standard InChI is InChI=1S/C3H8O.C3H5O.Ti/c2*1-3(2)4;/h3-4H,1-2H3;1H2,2H3;/q;-1;. The molecule has 0 aromatic carbocycles. The minimum absolute atomic E-state index is 0. The first kappa shape index (κ1) is 16.1. The first-order valence-corrected chi connectivity index (χ1v) is 2.47. The summed E-state index contributed by atoms with van der Waals surface area (Å²) in [5.74, 6) is -0.0833. The molecule has 0 saturated carbocycles. The summed E-state index contributed by atoms with van der Waals surface area (Å²) in [6.45, 7) is 7.86. The van der Waals surface area contributed by atoms with Crippen molar-refractivity contribution in [1.82, 2.24) is 0 Å². The van der Waals surface area contributed by atoms with Crippen LogP contribution in [0.4, 0.5) is 0 Å². The molecule has 54 valence electrons. The molecule has 0 aliphatic rings. The SMILES string of the molecule is CC(C)O.[CH2-]C(C)=O.[Ti]. The molecule has 0 radical (unpaired) electrons. The molecular weight excluding hydrogens is 152 g/mol. The summed E-state index contributed by atoms with van der Waals surface area (Å²) in [6.07, 6.45) is -0.167. The molecule has 0 amide bonds. The average Bonchev–Trinajstić information content (AvgIpc) is 1.25. The maximum absolute atomic E-state index is 9.33. The van der Waals surface area contributed by atoms with E-state index in [0.717, 1.165) is 0 Å². The van der Waals surface area contributed by atoms with E-state index in [2.05, 4.69) is 6.92 Å². The molecule has 0 saturated heterocycles. The van der Waals surface area contributed by atoms with Gasteiger partial charge in [-0.3, -0.25) is 0 Å². The van der Waals surface area contributed by atoms with Gasteiger partial charge in [-0.2, -0.15) is 0 Å². The molecule has 0 spiro atoms. The van der Waals surface area contributed by atoms with Crippen LogP contribution in [0.5, 0.6) is 0 Å². The molecule has 0 bridgehead atoms. The van der Waals surface area contributed by atoms with Gasteiger partial charge in [0.05, 0.1) is 0 Å². The van der Waals surface area contributed by atoms with Crippen LogP contribution in [-0.2, 0) is 26.5 Å². The van der Waals surface area contributed by atoms with E-state index in [1.807, 2.05) is 0 Å². The van der Waals surface area contributed by atoms with E-state index >= 15 is 0 Å². The van der Waals surface area contributed by atoms with Crippen LogP contribution in [0.25, 0.3) is 0 Å². The molecule has 0 aromatic heterocycles. The van der Waals surface area contributed by atoms with Crippen molar-refractivity contribution in [3.8, 4) is 0 Å². The van der Waals surface area contributed by atoms with Gasteiger partial charge in [0.1, 0.15) is 0 Å². The second kappa shape index (κ2) is 11.1. The van der Waals surface area contributed by atoms with Crippen molar-refractivity contribution in [2.24, 2.45) is 0 Å². The Balaban J connectivity index is -0.0000000720. The Hall–Kier alpha value is 0.214. The number of Topliss-reactive ketones (excluding diaryl/α,β-unsaturated/α-hetero) is 1. The fourth-order valence-electron chi connectivity index (χ4n) is 0. The van der Waals surface area contributed by atoms with Gasteiger partial charge in [-0.05, 0) is 26.6 Å². The summed E-state index contributed by atoms with van der Waals surface area (Å²) in [4.78, 5) is 9.33. The number of rotatable bonds is 0. The van der Waals surface area contributed by atoms with E-state index in [1.54, 1.807) is 13.8 Å². The Bertz CT molecular complexity index is 55.3. The zero-order valence-electron chi connectivity index (χ0n) is 6.14. The number of hydrogen-bond acceptors (Lipinski definition) is 2. The number of carbonyl (C=O) groups excluding carboxylic acids is 1. The number of aliphatic hydroxyl groups excluding tert-OH is 1. The van der Waals surface area contributed by atoms with E-state index in [1.165, 1.54) is 6.92 Å². The van der Waals surface area contributed by atoms with E-state index < -0.39 is 0 Å². The summed E-state index contributed by atoms with van der Waals surface area (Å²) in [7, 11) is 0. The number of carbonyl (C=O) groups is 1. The van der Waals surface area contributed by atoms with Crippen LogP contribution in [0.3, 0.4) is 0 Å². The smallest absolute Gasteiger partial charge is 0.0483 e. The second-order valence-corrected chi connectivity index (χ2v) is 1.80. The largest absolute Gasteiger partial charge is 0.394 e. The third kappa shape index (κ3) is 6910. The van der Waals surface area contributed by atoms with Crippen LogP contribution >= 0.6 is 0 Å². The molecule has 2 nitrogen and oxygen atoms in total. The molecule has 9 heavy (non-hydrogen) atoms. The van der Waals surface area contributed by atoms with Crippen molar-refractivity contribution >= 4 is 5.78 Å². The Morgan fingerprint density at radius 3 is 1.56 bits per heavy atom. The van der Waals surface area contributed by atoms with Gasteiger partial charge in [-0.25, -0.2) is 0 Å². The van der Waals surface area contributed by atoms with Crippen LogP contribution in [0, 0.1) is 6.92 Å². The minimum Gasteiger partial charge on any atom is -0.394 e. The van der Waals surface area contributed by atoms with E-state index in [9.17, 15) is 4.79 Å². The zero-order chi connectivity index (χ0) is 7.15. The Morgan fingerprint density at radius 2 is 1.56 bits per heavy atom. The first-order chi connectivity index (χ1) is 3.46. The minimum atomic E-state index is -0.167. The molecular formula is C6H13O2Ti-. The summed E-state index contributed by atoms with van der Waals surface area (Å²) < 4.78 is 0. The zero-order valence-corrected chi connectivity index (χ0v) is 7.70. The first-order valence-electron chi connectivity index (χ1n) is 2.47. The molecule has 0 aromatic rings. The van der Waals surface area contributed by atoms with Crippen molar-refractivity contribution in [3.05, 3.63) is 6.92 Å². The third-order valence-corrected chi connectivity index (χ3v) is 0. The molecule has 0 aliphatic carbocycles. The summed E-state index contributed by atoms with van der Waals surface area (Å²) in [6, 6.07) is 0. The summed E-state index contributed by atoms with van der Waals surface area (Å²) in [5.41, 5.74) is 0. The summed E-state index contributed by atoms with van der Waals surface area (Å²) >= 11 is 0. The predicted molar refractivity (Wildman–Crippen MR) is 33.4 cm³/mol. The Labute approximate surface area is 71.5 Å². The fraction of sp³-hybridized carbons (Fsp3) is 0.667. The Morgan fingerprint density at radius 1 is 1.56 bits per heavy atom. The van der Waals surface area contributed by atoms with E-state index in [-0.39, 0.29) is 33.6 Å². The molecule has 0 fully saturated rings.